The van der Waals surface area contributed by atoms with Crippen LogP contribution in [-0.4, -0.2) is 27.4 Å². The number of oxazole rings is 1. The van der Waals surface area contributed by atoms with Crippen molar-refractivity contribution in [1.82, 2.24) is 14.4 Å². The van der Waals surface area contributed by atoms with Crippen molar-refractivity contribution in [3.05, 3.63) is 59.0 Å². The fraction of sp³-hybridized carbons (Fsp3) is 0.211. The largest absolute Gasteiger partial charge is 0.465 e. The zero-order valence-electron chi connectivity index (χ0n) is 14.5. The summed E-state index contributed by atoms with van der Waals surface area (Å²) in [5, 5.41) is 0. The van der Waals surface area contributed by atoms with Crippen molar-refractivity contribution >= 4 is 28.7 Å². The first kappa shape index (κ1) is 16.1. The molecule has 0 unspecified atom stereocenters. The van der Waals surface area contributed by atoms with Gasteiger partial charge in [0.15, 0.2) is 5.58 Å². The van der Waals surface area contributed by atoms with E-state index in [1.807, 2.05) is 35.7 Å². The van der Waals surface area contributed by atoms with Gasteiger partial charge >= 0.3 is 5.97 Å². The second-order valence-corrected chi connectivity index (χ2v) is 6.13. The first-order valence-corrected chi connectivity index (χ1v) is 8.26. The van der Waals surface area contributed by atoms with Gasteiger partial charge in [-0.25, -0.2) is 9.78 Å². The van der Waals surface area contributed by atoms with Crippen LogP contribution in [0.2, 0.25) is 0 Å². The number of benzene rings is 1. The van der Waals surface area contributed by atoms with Gasteiger partial charge in [-0.2, -0.15) is 4.98 Å². The van der Waals surface area contributed by atoms with Crippen LogP contribution < -0.4 is 5.73 Å². The fourth-order valence-electron chi connectivity index (χ4n) is 3.10. The maximum absolute atomic E-state index is 11.7. The van der Waals surface area contributed by atoms with Gasteiger partial charge in [0.25, 0.3) is 6.01 Å². The molecule has 0 aliphatic rings. The molecule has 0 saturated heterocycles. The van der Waals surface area contributed by atoms with Gasteiger partial charge < -0.3 is 19.3 Å². The predicted octanol–water partition coefficient (Wildman–Crippen LogP) is 2.94. The summed E-state index contributed by atoms with van der Waals surface area (Å²) in [6.07, 6.45) is 3.43. The van der Waals surface area contributed by atoms with Gasteiger partial charge in [0.2, 0.25) is 0 Å². The lowest BCUT2D eigenvalue weighted by Crippen LogP contribution is -2.02. The topological polar surface area (TPSA) is 95.7 Å². The second-order valence-electron chi connectivity index (χ2n) is 6.13. The summed E-state index contributed by atoms with van der Waals surface area (Å²) in [5.41, 5.74) is 11.4. The van der Waals surface area contributed by atoms with Crippen molar-refractivity contribution in [3.8, 4) is 0 Å². The first-order chi connectivity index (χ1) is 12.5. The van der Waals surface area contributed by atoms with Gasteiger partial charge in [-0.3, -0.25) is 0 Å². The predicted molar refractivity (Wildman–Crippen MR) is 97.1 cm³/mol. The minimum Gasteiger partial charge on any atom is -0.465 e. The molecule has 132 valence electrons. The van der Waals surface area contributed by atoms with Crippen molar-refractivity contribution in [2.75, 3.05) is 12.8 Å². The molecule has 0 bridgehead atoms. The quantitative estimate of drug-likeness (QED) is 0.569. The number of rotatable bonds is 4. The van der Waals surface area contributed by atoms with Crippen LogP contribution in [0.25, 0.3) is 16.7 Å². The highest BCUT2D eigenvalue weighted by molar-refractivity contribution is 5.90. The summed E-state index contributed by atoms with van der Waals surface area (Å²) >= 11 is 0. The number of methoxy groups -OCH3 is 1. The highest BCUT2D eigenvalue weighted by atomic mass is 16.5. The molecule has 3 aromatic heterocycles. The minimum absolute atomic E-state index is 0.176. The van der Waals surface area contributed by atoms with E-state index in [2.05, 4.69) is 9.97 Å². The highest BCUT2D eigenvalue weighted by Gasteiger charge is 2.12. The number of anilines is 1. The molecule has 4 aromatic rings. The van der Waals surface area contributed by atoms with E-state index in [4.69, 9.17) is 14.9 Å². The highest BCUT2D eigenvalue weighted by Crippen LogP contribution is 2.20. The van der Waals surface area contributed by atoms with Gasteiger partial charge in [0.05, 0.1) is 18.4 Å². The Hall–Kier alpha value is -3.35. The van der Waals surface area contributed by atoms with Gasteiger partial charge in [0, 0.05) is 11.9 Å². The molecular formula is C19H18N4O3. The Balaban J connectivity index is 1.59. The first-order valence-electron chi connectivity index (χ1n) is 8.26. The van der Waals surface area contributed by atoms with Gasteiger partial charge in [-0.05, 0) is 49.6 Å². The third-order valence-corrected chi connectivity index (χ3v) is 4.50. The molecule has 7 heteroatoms. The molecule has 0 spiro atoms. The number of nitrogens with zero attached hydrogens (tertiary/aromatic N) is 3. The van der Waals surface area contributed by atoms with Crippen molar-refractivity contribution in [1.29, 1.82) is 0 Å². The molecule has 0 atom stereocenters. The molecule has 0 aliphatic heterocycles. The number of ether oxygens (including phenoxy) is 1. The third-order valence-electron chi connectivity index (χ3n) is 4.50. The minimum atomic E-state index is -0.366. The molecule has 0 aliphatic carbocycles. The molecule has 26 heavy (non-hydrogen) atoms. The van der Waals surface area contributed by atoms with E-state index in [0.29, 0.717) is 11.1 Å². The van der Waals surface area contributed by atoms with Crippen LogP contribution in [0.3, 0.4) is 0 Å². The summed E-state index contributed by atoms with van der Waals surface area (Å²) in [6, 6.07) is 9.54. The summed E-state index contributed by atoms with van der Waals surface area (Å²) < 4.78 is 12.1. The standard InChI is InChI=1S/C19H18N4O3/c1-11-14(21-17-10-13(18(24)25-2)7-8-23(11)17)5-3-12-4-6-15-16(9-12)26-19(20)22-15/h4,6-10H,3,5H2,1-2H3,(H2,20,22). The number of pyridine rings is 1. The number of carbonyl (C=O) groups is 1. The number of hydrogen-bond donors (Lipinski definition) is 1. The molecule has 0 fully saturated rings. The lowest BCUT2D eigenvalue weighted by atomic mass is 10.1. The average Bonchev–Trinajstić information content (AvgIpc) is 3.17. The number of imidazole rings is 1. The average molecular weight is 350 g/mol. The Labute approximate surface area is 149 Å². The zero-order valence-corrected chi connectivity index (χ0v) is 14.5. The molecule has 4 rings (SSSR count). The number of nitrogens with two attached hydrogens (primary N) is 1. The van der Waals surface area contributed by atoms with E-state index in [9.17, 15) is 4.79 Å². The molecule has 0 amide bonds. The monoisotopic (exact) mass is 350 g/mol. The lowest BCUT2D eigenvalue weighted by Gasteiger charge is -2.01. The number of carbonyl (C=O) groups excluding carboxylic acids is 1. The van der Waals surface area contributed by atoms with E-state index < -0.39 is 0 Å². The summed E-state index contributed by atoms with van der Waals surface area (Å²) in [4.78, 5) is 20.5. The van der Waals surface area contributed by atoms with E-state index >= 15 is 0 Å². The van der Waals surface area contributed by atoms with Crippen LogP contribution in [0.1, 0.15) is 27.3 Å². The van der Waals surface area contributed by atoms with Crippen LogP contribution in [0.15, 0.2) is 40.9 Å². The van der Waals surface area contributed by atoms with E-state index in [1.54, 1.807) is 12.1 Å². The van der Waals surface area contributed by atoms with Crippen LogP contribution >= 0.6 is 0 Å². The number of esters is 1. The van der Waals surface area contributed by atoms with Crippen LogP contribution in [-0.2, 0) is 17.6 Å². The Morgan fingerprint density at radius 3 is 2.88 bits per heavy atom. The van der Waals surface area contributed by atoms with Gasteiger partial charge in [0.1, 0.15) is 11.2 Å². The molecule has 0 saturated carbocycles. The number of hydrogen-bond acceptors (Lipinski definition) is 6. The SMILES string of the molecule is COC(=O)c1ccn2c(C)c(CCc3ccc4nc(N)oc4c3)nc2c1. The fourth-order valence-corrected chi connectivity index (χ4v) is 3.10. The van der Waals surface area contributed by atoms with Gasteiger partial charge in [-0.1, -0.05) is 6.07 Å². The Morgan fingerprint density at radius 1 is 1.23 bits per heavy atom. The second kappa shape index (κ2) is 6.18. The van der Waals surface area contributed by atoms with Crippen LogP contribution in [0.5, 0.6) is 0 Å². The molecule has 7 nitrogen and oxygen atoms in total. The smallest absolute Gasteiger partial charge is 0.338 e. The molecule has 2 N–H and O–H groups in total. The van der Waals surface area contributed by atoms with E-state index in [-0.39, 0.29) is 12.0 Å². The van der Waals surface area contributed by atoms with Crippen molar-refractivity contribution in [2.24, 2.45) is 0 Å². The van der Waals surface area contributed by atoms with Gasteiger partial charge in [-0.15, -0.1) is 0 Å². The van der Waals surface area contributed by atoms with Crippen LogP contribution in [0, 0.1) is 6.92 Å². The summed E-state index contributed by atoms with van der Waals surface area (Å²) in [6.45, 7) is 2.02. The van der Waals surface area contributed by atoms with Crippen molar-refractivity contribution in [2.45, 2.75) is 19.8 Å². The van der Waals surface area contributed by atoms with E-state index in [0.717, 1.165) is 41.0 Å². The molecule has 0 radical (unpaired) electrons. The van der Waals surface area contributed by atoms with Crippen LogP contribution in [0.4, 0.5) is 6.01 Å². The zero-order chi connectivity index (χ0) is 18.3. The molecule has 1 aromatic carbocycles. The summed E-state index contributed by atoms with van der Waals surface area (Å²) in [5.74, 6) is -0.366. The van der Waals surface area contributed by atoms with E-state index in [1.165, 1.54) is 7.11 Å². The Bertz CT molecular complexity index is 1130. The summed E-state index contributed by atoms with van der Waals surface area (Å²) in [7, 11) is 1.37. The third kappa shape index (κ3) is 2.77. The molecule has 3 heterocycles. The van der Waals surface area contributed by atoms with Crippen molar-refractivity contribution < 1.29 is 13.9 Å². The molecular weight excluding hydrogens is 332 g/mol. The number of aromatic nitrogens is 3. The Morgan fingerprint density at radius 2 is 2.08 bits per heavy atom. The maximum atomic E-state index is 11.7. The van der Waals surface area contributed by atoms with Crippen molar-refractivity contribution in [3.63, 3.8) is 0 Å². The number of fused-ring (bicyclic) bond motifs is 2. The number of aryl methyl sites for hydroxylation is 3. The normalized spacial score (nSPS) is 11.3. The lowest BCUT2D eigenvalue weighted by molar-refractivity contribution is 0.0600. The number of nitrogen functional groups attached to an aromatic ring is 1. The maximum Gasteiger partial charge on any atom is 0.338 e. The Kier molecular flexibility index (Phi) is 3.84.